The van der Waals surface area contributed by atoms with Crippen molar-refractivity contribution in [2.24, 2.45) is 10.8 Å². The zero-order valence-corrected chi connectivity index (χ0v) is 17.9. The summed E-state index contributed by atoms with van der Waals surface area (Å²) in [7, 11) is -1.53. The summed E-state index contributed by atoms with van der Waals surface area (Å²) in [4.78, 5) is 0. The minimum Gasteiger partial charge on any atom is -0.195 e. The first-order chi connectivity index (χ1) is 10.8. The van der Waals surface area contributed by atoms with Crippen LogP contribution in [0, 0.1) is 10.8 Å². The Balaban J connectivity index is 2.63. The lowest BCUT2D eigenvalue weighted by molar-refractivity contribution is 0.270. The van der Waals surface area contributed by atoms with Gasteiger partial charge in [0.05, 0.1) is 0 Å². The molecule has 0 radical (unpaired) electrons. The Hall–Kier alpha value is -0.130. The quantitative estimate of drug-likeness (QED) is 0.590. The molecule has 5 heteroatoms. The third-order valence-corrected chi connectivity index (χ3v) is 6.95. The van der Waals surface area contributed by atoms with Gasteiger partial charge in [0, 0.05) is 26.2 Å². The van der Waals surface area contributed by atoms with Gasteiger partial charge < -0.3 is 0 Å². The van der Waals surface area contributed by atoms with Crippen LogP contribution in [0.3, 0.4) is 0 Å². The second kappa shape index (κ2) is 8.50. The van der Waals surface area contributed by atoms with Crippen molar-refractivity contribution < 1.29 is 8.42 Å². The number of hydrogen-bond acceptors (Lipinski definition) is 2. The van der Waals surface area contributed by atoms with Gasteiger partial charge in [-0.05, 0) is 36.5 Å². The van der Waals surface area contributed by atoms with Gasteiger partial charge in [0.1, 0.15) is 0 Å². The number of likely N-dealkylation sites (N-methyl/N-ethyl adjacent to an activating group) is 1. The first-order valence-corrected chi connectivity index (χ1v) is 11.0. The van der Waals surface area contributed by atoms with Gasteiger partial charge in [-0.1, -0.05) is 60.8 Å². The maximum Gasteiger partial charge on any atom is 0.282 e. The van der Waals surface area contributed by atoms with Crippen molar-refractivity contribution in [3.05, 3.63) is 0 Å². The van der Waals surface area contributed by atoms with Crippen molar-refractivity contribution in [3.8, 4) is 0 Å². The molecule has 1 saturated heterocycles. The Kier molecular flexibility index (Phi) is 7.76. The molecule has 1 fully saturated rings. The van der Waals surface area contributed by atoms with Crippen LogP contribution in [0.1, 0.15) is 86.5 Å². The molecule has 0 N–H and O–H groups in total. The fraction of sp³-hybridized carbons (Fsp3) is 1.00. The molecule has 1 atom stereocenters. The van der Waals surface area contributed by atoms with Crippen LogP contribution in [0.5, 0.6) is 0 Å². The summed E-state index contributed by atoms with van der Waals surface area (Å²) in [5.41, 5.74) is 0.680. The van der Waals surface area contributed by atoms with Gasteiger partial charge in [0.2, 0.25) is 0 Å². The molecule has 1 heterocycles. The van der Waals surface area contributed by atoms with Gasteiger partial charge in [-0.25, -0.2) is 0 Å². The molecular formula is C19H40N2O2S. The summed E-state index contributed by atoms with van der Waals surface area (Å²) in [6.45, 7) is 14.9. The van der Waals surface area contributed by atoms with Crippen LogP contribution in [0.25, 0.3) is 0 Å². The maximum atomic E-state index is 12.5. The second-order valence-electron chi connectivity index (χ2n) is 9.85. The van der Waals surface area contributed by atoms with Crippen molar-refractivity contribution >= 4 is 10.2 Å². The Labute approximate surface area is 151 Å². The van der Waals surface area contributed by atoms with Gasteiger partial charge in [-0.3, -0.25) is 0 Å². The van der Waals surface area contributed by atoms with E-state index in [4.69, 9.17) is 0 Å². The van der Waals surface area contributed by atoms with E-state index in [1.807, 2.05) is 0 Å². The number of nitrogens with zero attached hydrogens (tertiary/aromatic N) is 2. The normalized spacial score (nSPS) is 21.3. The molecule has 0 aliphatic carbocycles. The molecule has 4 nitrogen and oxygen atoms in total. The molecule has 1 aliphatic heterocycles. The standard InChI is InChI=1S/C19H40N2O2S/c1-18(2,3)13-9-8-11-17(12-10-14-19(4,5)6)21-16-15-20(7)24(21,22)23/h17H,8-16H2,1-7H3. The fourth-order valence-electron chi connectivity index (χ4n) is 3.36. The first-order valence-electron chi connectivity index (χ1n) is 9.56. The highest BCUT2D eigenvalue weighted by Crippen LogP contribution is 2.29. The predicted octanol–water partition coefficient (Wildman–Crippen LogP) is 4.67. The lowest BCUT2D eigenvalue weighted by atomic mass is 9.87. The zero-order chi connectivity index (χ0) is 18.6. The highest BCUT2D eigenvalue weighted by Gasteiger charge is 2.38. The van der Waals surface area contributed by atoms with Crippen molar-refractivity contribution in [3.63, 3.8) is 0 Å². The Morgan fingerprint density at radius 3 is 1.79 bits per heavy atom. The molecule has 144 valence electrons. The Morgan fingerprint density at radius 2 is 1.33 bits per heavy atom. The second-order valence-corrected chi connectivity index (χ2v) is 11.8. The monoisotopic (exact) mass is 360 g/mol. The van der Waals surface area contributed by atoms with Gasteiger partial charge in [0.25, 0.3) is 10.2 Å². The van der Waals surface area contributed by atoms with E-state index in [1.54, 1.807) is 11.4 Å². The average molecular weight is 361 g/mol. The summed E-state index contributed by atoms with van der Waals surface area (Å²) in [5.74, 6) is 0. The summed E-state index contributed by atoms with van der Waals surface area (Å²) >= 11 is 0. The highest BCUT2D eigenvalue weighted by molar-refractivity contribution is 7.87. The van der Waals surface area contributed by atoms with E-state index in [0.29, 0.717) is 23.9 Å². The molecule has 0 aromatic carbocycles. The Bertz CT molecular complexity index is 475. The number of rotatable bonds is 8. The molecule has 0 bridgehead atoms. The fourth-order valence-corrected chi connectivity index (χ4v) is 4.93. The lowest BCUT2D eigenvalue weighted by Gasteiger charge is -2.28. The van der Waals surface area contributed by atoms with E-state index in [9.17, 15) is 8.42 Å². The Morgan fingerprint density at radius 1 is 0.833 bits per heavy atom. The summed E-state index contributed by atoms with van der Waals surface area (Å²) in [5, 5.41) is 0. The molecular weight excluding hydrogens is 320 g/mol. The summed E-state index contributed by atoms with van der Waals surface area (Å²) in [6.07, 6.45) is 7.73. The van der Waals surface area contributed by atoms with Crippen LogP contribution < -0.4 is 0 Å². The van der Waals surface area contributed by atoms with E-state index < -0.39 is 10.2 Å². The molecule has 0 aromatic rings. The summed E-state index contributed by atoms with van der Waals surface area (Å²) < 4.78 is 28.3. The van der Waals surface area contributed by atoms with Crippen LogP contribution in [0.4, 0.5) is 0 Å². The van der Waals surface area contributed by atoms with E-state index in [1.165, 1.54) is 17.1 Å². The SMILES string of the molecule is CN1CCN(C(CCCCC(C)(C)C)CCCC(C)(C)C)S1(=O)=O. The van der Waals surface area contributed by atoms with Crippen LogP contribution in [-0.2, 0) is 10.2 Å². The molecule has 1 rings (SSSR count). The topological polar surface area (TPSA) is 40.6 Å². The minimum absolute atomic E-state index is 0.169. The molecule has 1 aliphatic rings. The minimum atomic E-state index is -3.23. The van der Waals surface area contributed by atoms with Crippen molar-refractivity contribution in [2.75, 3.05) is 20.1 Å². The lowest BCUT2D eigenvalue weighted by Crippen LogP contribution is -2.39. The largest absolute Gasteiger partial charge is 0.282 e. The van der Waals surface area contributed by atoms with Crippen LogP contribution >= 0.6 is 0 Å². The average Bonchev–Trinajstić information content (AvgIpc) is 2.65. The molecule has 0 aromatic heterocycles. The van der Waals surface area contributed by atoms with Crippen LogP contribution in [0.15, 0.2) is 0 Å². The van der Waals surface area contributed by atoms with Gasteiger partial charge >= 0.3 is 0 Å². The molecule has 0 amide bonds. The zero-order valence-electron chi connectivity index (χ0n) is 17.1. The third kappa shape index (κ3) is 7.40. The van der Waals surface area contributed by atoms with Crippen LogP contribution in [-0.4, -0.2) is 43.2 Å². The third-order valence-electron chi connectivity index (χ3n) is 4.91. The van der Waals surface area contributed by atoms with Gasteiger partial charge in [-0.2, -0.15) is 17.0 Å². The molecule has 0 saturated carbocycles. The van der Waals surface area contributed by atoms with E-state index in [0.717, 1.165) is 32.1 Å². The van der Waals surface area contributed by atoms with Crippen molar-refractivity contribution in [2.45, 2.75) is 92.5 Å². The van der Waals surface area contributed by atoms with E-state index in [-0.39, 0.29) is 6.04 Å². The first kappa shape index (κ1) is 21.9. The van der Waals surface area contributed by atoms with E-state index in [2.05, 4.69) is 41.5 Å². The number of hydrogen-bond donors (Lipinski definition) is 0. The van der Waals surface area contributed by atoms with Crippen molar-refractivity contribution in [1.29, 1.82) is 0 Å². The smallest absolute Gasteiger partial charge is 0.195 e. The number of unbranched alkanes of at least 4 members (excludes halogenated alkanes) is 1. The molecule has 0 spiro atoms. The van der Waals surface area contributed by atoms with Gasteiger partial charge in [0.15, 0.2) is 0 Å². The molecule has 1 unspecified atom stereocenters. The maximum absolute atomic E-state index is 12.5. The van der Waals surface area contributed by atoms with Gasteiger partial charge in [-0.15, -0.1) is 0 Å². The van der Waals surface area contributed by atoms with E-state index >= 15 is 0 Å². The molecule has 24 heavy (non-hydrogen) atoms. The van der Waals surface area contributed by atoms with Crippen molar-refractivity contribution in [1.82, 2.24) is 8.61 Å². The predicted molar refractivity (Wildman–Crippen MR) is 103 cm³/mol. The van der Waals surface area contributed by atoms with Crippen LogP contribution in [0.2, 0.25) is 0 Å². The summed E-state index contributed by atoms with van der Waals surface area (Å²) in [6, 6.07) is 0.169. The highest BCUT2D eigenvalue weighted by atomic mass is 32.2.